The van der Waals surface area contributed by atoms with Crippen molar-refractivity contribution in [2.75, 3.05) is 5.73 Å². The zero-order valence-corrected chi connectivity index (χ0v) is 11.6. The summed E-state index contributed by atoms with van der Waals surface area (Å²) in [6.07, 6.45) is 1.45. The lowest BCUT2D eigenvalue weighted by molar-refractivity contribution is -0.148. The molecule has 0 atom stereocenters. The second-order valence-electron chi connectivity index (χ2n) is 4.42. The number of carbonyl (C=O) groups is 1. The lowest BCUT2D eigenvalue weighted by atomic mass is 10.0. The predicted octanol–water partition coefficient (Wildman–Crippen LogP) is 2.18. The Kier molecular flexibility index (Phi) is 5.36. The molecule has 19 heavy (non-hydrogen) atoms. The molecule has 0 radical (unpaired) electrons. The van der Waals surface area contributed by atoms with Gasteiger partial charge in [-0.3, -0.25) is 0 Å². The molecular weight excluding hydrogens is 242 g/mol. The van der Waals surface area contributed by atoms with Crippen LogP contribution in [-0.4, -0.2) is 11.8 Å². The number of nitrogens with two attached hydrogens (primary N) is 2. The third-order valence-corrected chi connectivity index (χ3v) is 3.20. The number of hydrogen-bond acceptors (Lipinski definition) is 4. The van der Waals surface area contributed by atoms with Gasteiger partial charge < -0.3 is 16.3 Å². The van der Waals surface area contributed by atoms with Gasteiger partial charge in [0.15, 0.2) is 5.84 Å². The summed E-state index contributed by atoms with van der Waals surface area (Å²) in [6.45, 7) is 5.71. The van der Waals surface area contributed by atoms with Gasteiger partial charge in [0.25, 0.3) is 0 Å². The van der Waals surface area contributed by atoms with Crippen molar-refractivity contribution in [2.45, 2.75) is 33.6 Å². The minimum absolute atomic E-state index is 0.140. The number of oxime groups is 1. The summed E-state index contributed by atoms with van der Waals surface area (Å²) in [5, 5.41) is 3.70. The van der Waals surface area contributed by atoms with Gasteiger partial charge in [-0.15, -0.1) is 0 Å². The Morgan fingerprint density at radius 3 is 2.58 bits per heavy atom. The average Bonchev–Trinajstić information content (AvgIpc) is 2.40. The Hall–Kier alpha value is -2.04. The van der Waals surface area contributed by atoms with Gasteiger partial charge >= 0.3 is 5.97 Å². The Morgan fingerprint density at radius 2 is 2.00 bits per heavy atom. The molecule has 0 aliphatic heterocycles. The molecule has 0 aliphatic rings. The number of benzene rings is 1. The van der Waals surface area contributed by atoms with Crippen LogP contribution in [0.4, 0.5) is 5.69 Å². The standard InChI is InChI=1S/C14H21N3O2/c1-4-10(5-2)14(18)19-17-13(16)11-7-6-8-12(15)9(11)3/h6-8,10H,4-5,15H2,1-3H3,(H2,16,17). The second kappa shape index (κ2) is 6.78. The molecular formula is C14H21N3O2. The molecule has 0 aromatic heterocycles. The molecule has 1 rings (SSSR count). The summed E-state index contributed by atoms with van der Waals surface area (Å²) in [5.74, 6) is -0.336. The summed E-state index contributed by atoms with van der Waals surface area (Å²) in [7, 11) is 0. The Bertz CT molecular complexity index is 480. The monoisotopic (exact) mass is 263 g/mol. The van der Waals surface area contributed by atoms with E-state index in [1.54, 1.807) is 18.2 Å². The van der Waals surface area contributed by atoms with Gasteiger partial charge in [-0.05, 0) is 31.4 Å². The largest absolute Gasteiger partial charge is 0.398 e. The maximum absolute atomic E-state index is 11.7. The summed E-state index contributed by atoms with van der Waals surface area (Å²) in [5.41, 5.74) is 13.7. The summed E-state index contributed by atoms with van der Waals surface area (Å²) < 4.78 is 0. The SMILES string of the molecule is CCC(CC)C(=O)O/N=C(\N)c1cccc(N)c1C. The molecule has 0 unspecified atom stereocenters. The van der Waals surface area contributed by atoms with Crippen LogP contribution in [0.1, 0.15) is 37.8 Å². The van der Waals surface area contributed by atoms with E-state index in [4.69, 9.17) is 16.3 Å². The van der Waals surface area contributed by atoms with Crippen LogP contribution in [0.15, 0.2) is 23.4 Å². The van der Waals surface area contributed by atoms with E-state index in [0.29, 0.717) is 11.3 Å². The topological polar surface area (TPSA) is 90.7 Å². The van der Waals surface area contributed by atoms with Crippen LogP contribution >= 0.6 is 0 Å². The van der Waals surface area contributed by atoms with Crippen molar-refractivity contribution in [3.05, 3.63) is 29.3 Å². The highest BCUT2D eigenvalue weighted by molar-refractivity contribution is 5.99. The minimum Gasteiger partial charge on any atom is -0.398 e. The fraction of sp³-hybridized carbons (Fsp3) is 0.429. The van der Waals surface area contributed by atoms with Crippen LogP contribution in [0.3, 0.4) is 0 Å². The van der Waals surface area contributed by atoms with Crippen molar-refractivity contribution in [3.63, 3.8) is 0 Å². The van der Waals surface area contributed by atoms with Gasteiger partial charge in [-0.1, -0.05) is 31.1 Å². The normalized spacial score (nSPS) is 11.7. The molecule has 0 amide bonds. The van der Waals surface area contributed by atoms with E-state index in [1.807, 2.05) is 20.8 Å². The van der Waals surface area contributed by atoms with Gasteiger partial charge in [-0.2, -0.15) is 0 Å². The highest BCUT2D eigenvalue weighted by atomic mass is 16.7. The number of rotatable bonds is 5. The molecule has 0 saturated heterocycles. The Labute approximate surface area is 113 Å². The van der Waals surface area contributed by atoms with Crippen molar-refractivity contribution in [1.29, 1.82) is 0 Å². The molecule has 0 fully saturated rings. The average molecular weight is 263 g/mol. The lowest BCUT2D eigenvalue weighted by Crippen LogP contribution is -2.19. The van der Waals surface area contributed by atoms with E-state index in [1.165, 1.54) is 0 Å². The zero-order chi connectivity index (χ0) is 14.4. The highest BCUT2D eigenvalue weighted by Gasteiger charge is 2.16. The van der Waals surface area contributed by atoms with Crippen LogP contribution in [0, 0.1) is 12.8 Å². The molecule has 0 aliphatic carbocycles. The minimum atomic E-state index is -0.352. The Balaban J connectivity index is 2.83. The fourth-order valence-electron chi connectivity index (χ4n) is 1.77. The van der Waals surface area contributed by atoms with Crippen LogP contribution in [-0.2, 0) is 9.63 Å². The molecule has 0 heterocycles. The Morgan fingerprint density at radius 1 is 1.37 bits per heavy atom. The van der Waals surface area contributed by atoms with Gasteiger partial charge in [0.05, 0.1) is 5.92 Å². The fourth-order valence-corrected chi connectivity index (χ4v) is 1.77. The van der Waals surface area contributed by atoms with E-state index >= 15 is 0 Å². The van der Waals surface area contributed by atoms with E-state index in [2.05, 4.69) is 5.16 Å². The molecule has 5 nitrogen and oxygen atoms in total. The summed E-state index contributed by atoms with van der Waals surface area (Å²) in [6, 6.07) is 5.35. The highest BCUT2D eigenvalue weighted by Crippen LogP contribution is 2.15. The van der Waals surface area contributed by atoms with Gasteiger partial charge in [0, 0.05) is 11.3 Å². The van der Waals surface area contributed by atoms with Crippen molar-refractivity contribution in [3.8, 4) is 0 Å². The second-order valence-corrected chi connectivity index (χ2v) is 4.42. The molecule has 1 aromatic rings. The van der Waals surface area contributed by atoms with Crippen LogP contribution in [0.2, 0.25) is 0 Å². The molecule has 104 valence electrons. The number of amidine groups is 1. The summed E-state index contributed by atoms with van der Waals surface area (Å²) in [4.78, 5) is 16.6. The van der Waals surface area contributed by atoms with Crippen molar-refractivity contribution >= 4 is 17.5 Å². The van der Waals surface area contributed by atoms with E-state index in [0.717, 1.165) is 18.4 Å². The van der Waals surface area contributed by atoms with E-state index in [-0.39, 0.29) is 17.7 Å². The van der Waals surface area contributed by atoms with E-state index in [9.17, 15) is 4.79 Å². The summed E-state index contributed by atoms with van der Waals surface area (Å²) >= 11 is 0. The first-order valence-electron chi connectivity index (χ1n) is 6.41. The number of anilines is 1. The number of nitrogens with zero attached hydrogens (tertiary/aromatic N) is 1. The zero-order valence-electron chi connectivity index (χ0n) is 11.6. The van der Waals surface area contributed by atoms with Crippen LogP contribution in [0.5, 0.6) is 0 Å². The first kappa shape index (κ1) is 15.0. The smallest absolute Gasteiger partial charge is 0.338 e. The first-order valence-corrected chi connectivity index (χ1v) is 6.41. The molecule has 1 aromatic carbocycles. The van der Waals surface area contributed by atoms with E-state index < -0.39 is 0 Å². The van der Waals surface area contributed by atoms with Crippen molar-refractivity contribution in [2.24, 2.45) is 16.8 Å². The van der Waals surface area contributed by atoms with Gasteiger partial charge in [0.1, 0.15) is 0 Å². The third kappa shape index (κ3) is 3.71. The predicted molar refractivity (Wildman–Crippen MR) is 76.5 cm³/mol. The molecule has 4 N–H and O–H groups in total. The molecule has 0 saturated carbocycles. The first-order chi connectivity index (χ1) is 9.01. The van der Waals surface area contributed by atoms with Gasteiger partial charge in [-0.25, -0.2) is 4.79 Å². The third-order valence-electron chi connectivity index (χ3n) is 3.20. The van der Waals surface area contributed by atoms with Crippen molar-refractivity contribution in [1.82, 2.24) is 0 Å². The van der Waals surface area contributed by atoms with Crippen LogP contribution in [0.25, 0.3) is 0 Å². The quantitative estimate of drug-likeness (QED) is 0.280. The molecule has 0 spiro atoms. The van der Waals surface area contributed by atoms with Crippen molar-refractivity contribution < 1.29 is 9.63 Å². The molecule has 0 bridgehead atoms. The number of hydrogen-bond donors (Lipinski definition) is 2. The molecule has 5 heteroatoms. The lowest BCUT2D eigenvalue weighted by Gasteiger charge is -2.09. The number of nitrogen functional groups attached to an aromatic ring is 1. The maximum atomic E-state index is 11.7. The number of carbonyl (C=O) groups excluding carboxylic acids is 1. The maximum Gasteiger partial charge on any atom is 0.338 e. The van der Waals surface area contributed by atoms with Gasteiger partial charge in [0.2, 0.25) is 0 Å². The van der Waals surface area contributed by atoms with Crippen LogP contribution < -0.4 is 11.5 Å².